The zero-order chi connectivity index (χ0) is 4.99. The summed E-state index contributed by atoms with van der Waals surface area (Å²) in [6.07, 6.45) is 0.968. The second kappa shape index (κ2) is 2.40. The monoisotopic (exact) mass is 86.0 g/mol. The van der Waals surface area contributed by atoms with Crippen molar-refractivity contribution in [3.8, 4) is 12.1 Å². The van der Waals surface area contributed by atoms with Crippen molar-refractivity contribution in [2.75, 3.05) is 0 Å². The molecule has 0 aliphatic heterocycles. The average Bonchev–Trinajstić information content (AvgIpc) is 1.35. The minimum absolute atomic E-state index is 0.447. The molecule has 1 nitrogen and oxygen atoms in total. The van der Waals surface area contributed by atoms with Gasteiger partial charge in [0.1, 0.15) is 6.17 Å². The van der Waals surface area contributed by atoms with Crippen molar-refractivity contribution >= 4 is 5.78 Å². The molecule has 0 atom stereocenters. The minimum Gasteiger partial charge on any atom is -0.285 e. The Morgan fingerprint density at radius 1 is 1.83 bits per heavy atom. The van der Waals surface area contributed by atoms with E-state index in [4.69, 9.17) is 0 Å². The van der Waals surface area contributed by atoms with Crippen LogP contribution in [-0.4, -0.2) is 5.78 Å². The van der Waals surface area contributed by atoms with Gasteiger partial charge in [-0.2, -0.15) is 0 Å². The molecule has 0 radical (unpaired) electrons. The lowest BCUT2D eigenvalue weighted by molar-refractivity contribution is -0.111. The predicted octanol–water partition coefficient (Wildman–Crippen LogP) is 0.506. The molecule has 6 heavy (non-hydrogen) atoms. The van der Waals surface area contributed by atoms with E-state index in [0.29, 0.717) is 0 Å². The second-order valence-corrected chi connectivity index (χ2v) is 0.776. The highest BCUT2D eigenvalue weighted by Gasteiger charge is 1.74. The van der Waals surface area contributed by atoms with Crippen molar-refractivity contribution in [2.45, 2.75) is 6.92 Å². The Bertz CT molecular complexity index is 106. The van der Waals surface area contributed by atoms with Crippen LogP contribution in [0.1, 0.15) is 6.92 Å². The van der Waals surface area contributed by atoms with E-state index < -0.39 is 5.78 Å². The van der Waals surface area contributed by atoms with E-state index in [1.807, 2.05) is 0 Å². The first kappa shape index (κ1) is 5.16. The molecule has 0 bridgehead atoms. The van der Waals surface area contributed by atoms with E-state index in [9.17, 15) is 9.18 Å². The number of hydrogen-bond acceptors (Lipinski definition) is 1. The fourth-order valence-electron chi connectivity index (χ4n) is 0.0665. The molecular weight excluding hydrogens is 83.0 g/mol. The maximum atomic E-state index is 10.7. The van der Waals surface area contributed by atoms with Crippen LogP contribution in [0.2, 0.25) is 0 Å². The van der Waals surface area contributed by atoms with Crippen molar-refractivity contribution in [2.24, 2.45) is 0 Å². The summed E-state index contributed by atoms with van der Waals surface area (Å²) < 4.78 is 10.7. The summed E-state index contributed by atoms with van der Waals surface area (Å²) in [4.78, 5) is 9.63. The highest BCUT2D eigenvalue weighted by atomic mass is 19.1. The Labute approximate surface area is 35.2 Å². The van der Waals surface area contributed by atoms with Crippen LogP contribution in [0.5, 0.6) is 0 Å². The number of hydrogen-bond donors (Lipinski definition) is 0. The molecule has 0 aliphatic carbocycles. The molecule has 0 saturated carbocycles. The van der Waals surface area contributed by atoms with Gasteiger partial charge in [-0.3, -0.25) is 4.79 Å². The van der Waals surface area contributed by atoms with Crippen LogP contribution >= 0.6 is 0 Å². The SMILES string of the molecule is CC(=O)C#CF. The largest absolute Gasteiger partial charge is 0.285 e. The van der Waals surface area contributed by atoms with Gasteiger partial charge in [0.25, 0.3) is 0 Å². The van der Waals surface area contributed by atoms with Gasteiger partial charge in [0.15, 0.2) is 0 Å². The summed E-state index contributed by atoms with van der Waals surface area (Å²) in [6.45, 7) is 1.20. The zero-order valence-corrected chi connectivity index (χ0v) is 3.29. The zero-order valence-electron chi connectivity index (χ0n) is 3.29. The van der Waals surface area contributed by atoms with Crippen molar-refractivity contribution in [3.05, 3.63) is 0 Å². The van der Waals surface area contributed by atoms with Crippen LogP contribution in [-0.2, 0) is 4.79 Å². The van der Waals surface area contributed by atoms with E-state index >= 15 is 0 Å². The molecule has 0 amide bonds. The lowest BCUT2D eigenvalue weighted by Gasteiger charge is -1.59. The summed E-state index contributed by atoms with van der Waals surface area (Å²) in [5, 5.41) is 0. The van der Waals surface area contributed by atoms with E-state index in [0.717, 1.165) is 6.17 Å². The molecule has 0 spiro atoms. The van der Waals surface area contributed by atoms with Gasteiger partial charge >= 0.3 is 0 Å². The Morgan fingerprint density at radius 3 is 2.33 bits per heavy atom. The molecule has 0 fully saturated rings. The van der Waals surface area contributed by atoms with Crippen LogP contribution in [0.15, 0.2) is 0 Å². The van der Waals surface area contributed by atoms with Gasteiger partial charge in [-0.15, -0.1) is 4.39 Å². The predicted molar refractivity (Wildman–Crippen MR) is 19.6 cm³/mol. The molecule has 0 aromatic carbocycles. The maximum absolute atomic E-state index is 10.7. The van der Waals surface area contributed by atoms with Gasteiger partial charge in [-0.25, -0.2) is 0 Å². The lowest BCUT2D eigenvalue weighted by atomic mass is 10.5. The summed E-state index contributed by atoms with van der Waals surface area (Å²) in [5.74, 6) is 1.21. The number of rotatable bonds is 0. The minimum atomic E-state index is -0.447. The standard InChI is InChI=1S/C4H3FO/c1-4(6)2-3-5/h1H3. The third-order valence-corrected chi connectivity index (χ3v) is 0.223. The average molecular weight is 86.1 g/mol. The molecule has 0 saturated heterocycles. The second-order valence-electron chi connectivity index (χ2n) is 0.776. The van der Waals surface area contributed by atoms with Crippen LogP contribution in [0, 0.1) is 12.1 Å². The Balaban J connectivity index is 3.50. The molecular formula is C4H3FO. The normalized spacial score (nSPS) is 5.67. The number of carbonyl (C=O) groups excluding carboxylic acids is 1. The third kappa shape index (κ3) is 3.16. The number of Topliss-reactive ketones (excluding diaryl/α,β-unsaturated/α-hetero) is 1. The highest BCUT2D eigenvalue weighted by Crippen LogP contribution is 1.59. The van der Waals surface area contributed by atoms with E-state index in [2.05, 4.69) is 0 Å². The molecule has 32 valence electrons. The first-order valence-electron chi connectivity index (χ1n) is 1.39. The Morgan fingerprint density at radius 2 is 2.33 bits per heavy atom. The summed E-state index contributed by atoms with van der Waals surface area (Å²) in [5.41, 5.74) is 0. The van der Waals surface area contributed by atoms with Gasteiger partial charge in [0.05, 0.1) is 0 Å². The van der Waals surface area contributed by atoms with Crippen LogP contribution in [0.25, 0.3) is 0 Å². The molecule has 0 N–H and O–H groups in total. The van der Waals surface area contributed by atoms with Gasteiger partial charge in [-0.1, -0.05) is 0 Å². The smallest absolute Gasteiger partial charge is 0.204 e. The topological polar surface area (TPSA) is 17.1 Å². The van der Waals surface area contributed by atoms with Crippen molar-refractivity contribution in [1.82, 2.24) is 0 Å². The van der Waals surface area contributed by atoms with E-state index in [1.165, 1.54) is 6.92 Å². The van der Waals surface area contributed by atoms with Crippen molar-refractivity contribution < 1.29 is 9.18 Å². The Hall–Kier alpha value is -0.840. The molecule has 0 unspecified atom stereocenters. The van der Waals surface area contributed by atoms with E-state index in [1.54, 1.807) is 5.92 Å². The lowest BCUT2D eigenvalue weighted by Crippen LogP contribution is -1.77. The van der Waals surface area contributed by atoms with Crippen molar-refractivity contribution in [1.29, 1.82) is 0 Å². The van der Waals surface area contributed by atoms with Crippen LogP contribution < -0.4 is 0 Å². The van der Waals surface area contributed by atoms with Gasteiger partial charge in [-0.05, 0) is 0 Å². The molecule has 0 rings (SSSR count). The molecule has 0 aliphatic rings. The molecule has 0 aromatic rings. The summed E-state index contributed by atoms with van der Waals surface area (Å²) in [7, 11) is 0. The molecule has 0 heterocycles. The van der Waals surface area contributed by atoms with Crippen LogP contribution in [0.4, 0.5) is 4.39 Å². The fraction of sp³-hybridized carbons (Fsp3) is 0.250. The van der Waals surface area contributed by atoms with Gasteiger partial charge in [0, 0.05) is 12.8 Å². The Kier molecular flexibility index (Phi) is 2.06. The fourth-order valence-corrected chi connectivity index (χ4v) is 0.0665. The van der Waals surface area contributed by atoms with Crippen LogP contribution in [0.3, 0.4) is 0 Å². The highest BCUT2D eigenvalue weighted by molar-refractivity contribution is 5.92. The quantitative estimate of drug-likeness (QED) is 0.392. The molecule has 0 aromatic heterocycles. The third-order valence-electron chi connectivity index (χ3n) is 0.223. The maximum Gasteiger partial charge on any atom is 0.204 e. The summed E-state index contributed by atoms with van der Waals surface area (Å²) in [6, 6.07) is 0. The van der Waals surface area contributed by atoms with Crippen molar-refractivity contribution in [3.63, 3.8) is 0 Å². The van der Waals surface area contributed by atoms with Gasteiger partial charge < -0.3 is 0 Å². The summed E-state index contributed by atoms with van der Waals surface area (Å²) >= 11 is 0. The first-order valence-corrected chi connectivity index (χ1v) is 1.39. The van der Waals surface area contributed by atoms with E-state index in [-0.39, 0.29) is 0 Å². The number of carbonyl (C=O) groups is 1. The van der Waals surface area contributed by atoms with Gasteiger partial charge in [0.2, 0.25) is 5.78 Å². The number of halogens is 1. The molecule has 2 heteroatoms. The number of ketones is 1. The first-order chi connectivity index (χ1) is 2.77.